The minimum atomic E-state index is -0.505. The Morgan fingerprint density at radius 3 is 3.11 bits per heavy atom. The lowest BCUT2D eigenvalue weighted by molar-refractivity contribution is -0.121. The fraction of sp³-hybridized carbons (Fsp3) is 0.545. The van der Waals surface area contributed by atoms with Gasteiger partial charge >= 0.3 is 0 Å². The summed E-state index contributed by atoms with van der Waals surface area (Å²) in [5.74, 6) is 0.841. The van der Waals surface area contributed by atoms with Crippen molar-refractivity contribution in [1.82, 2.24) is 9.97 Å². The number of aromatic nitrogens is 2. The molecule has 0 spiro atoms. The SMILES string of the molecule is CCc1nc(Cl)cc(N2CCOCC2C(N)=O)n1. The lowest BCUT2D eigenvalue weighted by atomic mass is 10.2. The summed E-state index contributed by atoms with van der Waals surface area (Å²) in [5.41, 5.74) is 5.37. The highest BCUT2D eigenvalue weighted by molar-refractivity contribution is 6.29. The molecule has 98 valence electrons. The molecule has 1 atom stereocenters. The van der Waals surface area contributed by atoms with Gasteiger partial charge in [0.05, 0.1) is 13.2 Å². The number of amides is 1. The molecule has 1 unspecified atom stereocenters. The van der Waals surface area contributed by atoms with E-state index in [4.69, 9.17) is 22.1 Å². The average Bonchev–Trinajstić information content (AvgIpc) is 2.38. The van der Waals surface area contributed by atoms with Crippen molar-refractivity contribution >= 4 is 23.3 Å². The molecule has 6 nitrogen and oxygen atoms in total. The zero-order chi connectivity index (χ0) is 13.1. The molecule has 0 aromatic carbocycles. The van der Waals surface area contributed by atoms with Gasteiger partial charge < -0.3 is 15.4 Å². The van der Waals surface area contributed by atoms with E-state index < -0.39 is 11.9 Å². The Balaban J connectivity index is 2.33. The van der Waals surface area contributed by atoms with Crippen LogP contribution in [-0.2, 0) is 16.0 Å². The quantitative estimate of drug-likeness (QED) is 0.803. The van der Waals surface area contributed by atoms with E-state index in [1.54, 1.807) is 6.07 Å². The van der Waals surface area contributed by atoms with Crippen molar-refractivity contribution in [2.24, 2.45) is 5.73 Å². The molecule has 0 saturated carbocycles. The first-order chi connectivity index (χ1) is 8.61. The number of carbonyl (C=O) groups excluding carboxylic acids is 1. The molecule has 18 heavy (non-hydrogen) atoms. The number of hydrogen-bond donors (Lipinski definition) is 1. The molecule has 2 heterocycles. The summed E-state index contributed by atoms with van der Waals surface area (Å²) < 4.78 is 5.26. The van der Waals surface area contributed by atoms with Gasteiger partial charge in [0.1, 0.15) is 22.8 Å². The number of rotatable bonds is 3. The predicted molar refractivity (Wildman–Crippen MR) is 67.6 cm³/mol. The number of nitrogens with two attached hydrogens (primary N) is 1. The Labute approximate surface area is 110 Å². The summed E-state index contributed by atoms with van der Waals surface area (Å²) in [6.07, 6.45) is 0.680. The number of halogens is 1. The molecule has 1 aliphatic heterocycles. The highest BCUT2D eigenvalue weighted by Gasteiger charge is 2.29. The number of carbonyl (C=O) groups is 1. The van der Waals surface area contributed by atoms with E-state index in [9.17, 15) is 4.79 Å². The highest BCUT2D eigenvalue weighted by atomic mass is 35.5. The maximum Gasteiger partial charge on any atom is 0.242 e. The zero-order valence-corrected chi connectivity index (χ0v) is 10.9. The standard InChI is InChI=1S/C11H15ClN4O2/c1-2-9-14-8(12)5-10(15-9)16-3-4-18-6-7(16)11(13)17/h5,7H,2-4,6H2,1H3,(H2,13,17). The highest BCUT2D eigenvalue weighted by Crippen LogP contribution is 2.20. The van der Waals surface area contributed by atoms with Crippen LogP contribution in [0.2, 0.25) is 5.15 Å². The smallest absolute Gasteiger partial charge is 0.242 e. The minimum Gasteiger partial charge on any atom is -0.377 e. The molecule has 0 bridgehead atoms. The molecule has 1 fully saturated rings. The summed E-state index contributed by atoms with van der Waals surface area (Å²) >= 11 is 5.95. The molecular weight excluding hydrogens is 256 g/mol. The van der Waals surface area contributed by atoms with Gasteiger partial charge in [-0.15, -0.1) is 0 Å². The van der Waals surface area contributed by atoms with E-state index in [2.05, 4.69) is 9.97 Å². The second-order valence-electron chi connectivity index (χ2n) is 4.01. The lowest BCUT2D eigenvalue weighted by Gasteiger charge is -2.34. The van der Waals surface area contributed by atoms with E-state index in [0.29, 0.717) is 36.4 Å². The van der Waals surface area contributed by atoms with Crippen LogP contribution < -0.4 is 10.6 Å². The zero-order valence-electron chi connectivity index (χ0n) is 10.1. The predicted octanol–water partition coefficient (Wildman–Crippen LogP) is 0.383. The van der Waals surface area contributed by atoms with Crippen molar-refractivity contribution < 1.29 is 9.53 Å². The topological polar surface area (TPSA) is 81.3 Å². The first-order valence-corrected chi connectivity index (χ1v) is 6.16. The molecule has 1 aromatic rings. The van der Waals surface area contributed by atoms with E-state index in [1.807, 2.05) is 11.8 Å². The van der Waals surface area contributed by atoms with Crippen molar-refractivity contribution in [2.45, 2.75) is 19.4 Å². The number of primary amides is 1. The first-order valence-electron chi connectivity index (χ1n) is 5.79. The molecule has 2 rings (SSSR count). The van der Waals surface area contributed by atoms with Crippen molar-refractivity contribution in [3.8, 4) is 0 Å². The summed E-state index contributed by atoms with van der Waals surface area (Å²) in [5, 5.41) is 0.367. The Hall–Kier alpha value is -1.40. The second-order valence-corrected chi connectivity index (χ2v) is 4.39. The Morgan fingerprint density at radius 2 is 2.44 bits per heavy atom. The van der Waals surface area contributed by atoms with Crippen LogP contribution in [0.3, 0.4) is 0 Å². The molecular formula is C11H15ClN4O2. The van der Waals surface area contributed by atoms with Crippen LogP contribution in [0.15, 0.2) is 6.07 Å². The maximum atomic E-state index is 11.4. The number of anilines is 1. The van der Waals surface area contributed by atoms with Crippen molar-refractivity contribution in [2.75, 3.05) is 24.7 Å². The van der Waals surface area contributed by atoms with Crippen molar-refractivity contribution in [3.05, 3.63) is 17.0 Å². The van der Waals surface area contributed by atoms with Crippen LogP contribution in [0, 0.1) is 0 Å². The van der Waals surface area contributed by atoms with Gasteiger partial charge in [0, 0.05) is 19.0 Å². The van der Waals surface area contributed by atoms with Gasteiger partial charge in [0.25, 0.3) is 0 Å². The fourth-order valence-electron chi connectivity index (χ4n) is 1.87. The summed E-state index contributed by atoms with van der Waals surface area (Å²) in [6, 6.07) is 1.14. The molecule has 0 aliphatic carbocycles. The van der Waals surface area contributed by atoms with Gasteiger partial charge in [-0.25, -0.2) is 9.97 Å². The van der Waals surface area contributed by atoms with Crippen LogP contribution in [0.5, 0.6) is 0 Å². The van der Waals surface area contributed by atoms with Gasteiger partial charge in [-0.3, -0.25) is 4.79 Å². The molecule has 1 aromatic heterocycles. The van der Waals surface area contributed by atoms with E-state index >= 15 is 0 Å². The second kappa shape index (κ2) is 5.49. The van der Waals surface area contributed by atoms with Crippen LogP contribution in [-0.4, -0.2) is 41.7 Å². The van der Waals surface area contributed by atoms with Crippen LogP contribution in [0.1, 0.15) is 12.7 Å². The van der Waals surface area contributed by atoms with Crippen molar-refractivity contribution in [3.63, 3.8) is 0 Å². The van der Waals surface area contributed by atoms with Crippen molar-refractivity contribution in [1.29, 1.82) is 0 Å². The number of ether oxygens (including phenoxy) is 1. The van der Waals surface area contributed by atoms with Crippen LogP contribution in [0.4, 0.5) is 5.82 Å². The van der Waals surface area contributed by atoms with E-state index in [1.165, 1.54) is 0 Å². The molecule has 1 aliphatic rings. The van der Waals surface area contributed by atoms with Crippen LogP contribution >= 0.6 is 11.6 Å². The number of morpholine rings is 1. The fourth-order valence-corrected chi connectivity index (χ4v) is 2.07. The van der Waals surface area contributed by atoms with Gasteiger partial charge in [-0.2, -0.15) is 0 Å². The number of hydrogen-bond acceptors (Lipinski definition) is 5. The monoisotopic (exact) mass is 270 g/mol. The number of aryl methyl sites for hydroxylation is 1. The third kappa shape index (κ3) is 2.70. The number of nitrogens with zero attached hydrogens (tertiary/aromatic N) is 3. The normalized spacial score (nSPS) is 19.9. The Kier molecular flexibility index (Phi) is 3.98. The average molecular weight is 271 g/mol. The minimum absolute atomic E-state index is 0.276. The molecule has 0 radical (unpaired) electrons. The van der Waals surface area contributed by atoms with Gasteiger partial charge in [-0.05, 0) is 0 Å². The molecule has 2 N–H and O–H groups in total. The summed E-state index contributed by atoms with van der Waals surface area (Å²) in [6.45, 7) is 3.32. The van der Waals surface area contributed by atoms with E-state index in [-0.39, 0.29) is 6.61 Å². The maximum absolute atomic E-state index is 11.4. The van der Waals surface area contributed by atoms with Gasteiger partial charge in [-0.1, -0.05) is 18.5 Å². The Morgan fingerprint density at radius 1 is 1.67 bits per heavy atom. The molecule has 1 saturated heterocycles. The summed E-state index contributed by atoms with van der Waals surface area (Å²) in [4.78, 5) is 21.7. The third-order valence-electron chi connectivity index (χ3n) is 2.80. The summed E-state index contributed by atoms with van der Waals surface area (Å²) in [7, 11) is 0. The Bertz CT molecular complexity index is 455. The van der Waals surface area contributed by atoms with Gasteiger partial charge in [0.15, 0.2) is 0 Å². The largest absolute Gasteiger partial charge is 0.377 e. The molecule has 7 heteroatoms. The third-order valence-corrected chi connectivity index (χ3v) is 2.99. The van der Waals surface area contributed by atoms with E-state index in [0.717, 1.165) is 0 Å². The first kappa shape index (κ1) is 13.0. The van der Waals surface area contributed by atoms with Crippen LogP contribution in [0.25, 0.3) is 0 Å². The lowest BCUT2D eigenvalue weighted by Crippen LogP contribution is -2.53. The van der Waals surface area contributed by atoms with Gasteiger partial charge in [0.2, 0.25) is 5.91 Å². The molecule has 1 amide bonds.